The van der Waals surface area contributed by atoms with Crippen LogP contribution < -0.4 is 10.1 Å². The minimum atomic E-state index is -4.84. The first kappa shape index (κ1) is 22.3. The van der Waals surface area contributed by atoms with E-state index < -0.39 is 29.9 Å². The highest BCUT2D eigenvalue weighted by Gasteiger charge is 2.32. The molecule has 13 heteroatoms. The van der Waals surface area contributed by atoms with Gasteiger partial charge < -0.3 is 10.1 Å². The fourth-order valence-electron chi connectivity index (χ4n) is 1.84. The van der Waals surface area contributed by atoms with E-state index >= 15 is 0 Å². The molecular formula is C16H11ClF6N4O2. The van der Waals surface area contributed by atoms with Crippen molar-refractivity contribution in [3.05, 3.63) is 52.8 Å². The highest BCUT2D eigenvalue weighted by molar-refractivity contribution is 6.32. The molecule has 2 aromatic rings. The summed E-state index contributed by atoms with van der Waals surface area (Å²) in [4.78, 5) is 15.5. The lowest BCUT2D eigenvalue weighted by molar-refractivity contribution is -0.274. The van der Waals surface area contributed by atoms with Crippen molar-refractivity contribution < 1.29 is 35.9 Å². The van der Waals surface area contributed by atoms with E-state index in [2.05, 4.69) is 20.1 Å². The average Bonchev–Trinajstić information content (AvgIpc) is 2.60. The highest BCUT2D eigenvalue weighted by atomic mass is 35.5. The first-order chi connectivity index (χ1) is 13.3. The zero-order valence-electron chi connectivity index (χ0n) is 14.3. The van der Waals surface area contributed by atoms with Crippen LogP contribution in [0.15, 0.2) is 41.6 Å². The Balaban J connectivity index is 2.00. The molecule has 1 aromatic heterocycles. The van der Waals surface area contributed by atoms with Gasteiger partial charge >= 0.3 is 18.6 Å². The molecular weight excluding hydrogens is 430 g/mol. The lowest BCUT2D eigenvalue weighted by Gasteiger charge is -2.13. The van der Waals surface area contributed by atoms with Crippen LogP contribution in [0, 0.1) is 0 Å². The third-order valence-electron chi connectivity index (χ3n) is 3.18. The number of halogens is 7. The van der Waals surface area contributed by atoms with Crippen LogP contribution in [0.5, 0.6) is 5.75 Å². The van der Waals surface area contributed by atoms with Gasteiger partial charge in [-0.1, -0.05) is 11.6 Å². The van der Waals surface area contributed by atoms with E-state index in [1.165, 1.54) is 19.2 Å². The number of hydrogen-bond donors (Lipinski definition) is 1. The summed E-state index contributed by atoms with van der Waals surface area (Å²) in [6.07, 6.45) is -7.91. The molecule has 2 rings (SSSR count). The Morgan fingerprint density at radius 3 is 2.34 bits per heavy atom. The highest BCUT2D eigenvalue weighted by Crippen LogP contribution is 2.30. The van der Waals surface area contributed by atoms with Gasteiger partial charge in [0, 0.05) is 18.9 Å². The molecule has 1 heterocycles. The van der Waals surface area contributed by atoms with Crippen molar-refractivity contribution in [3.63, 3.8) is 0 Å². The van der Waals surface area contributed by atoms with E-state index in [0.29, 0.717) is 12.3 Å². The number of anilines is 1. The molecule has 0 aliphatic rings. The maximum absolute atomic E-state index is 12.6. The number of amides is 2. The molecule has 1 N–H and O–H groups in total. The van der Waals surface area contributed by atoms with E-state index in [1.807, 2.05) is 0 Å². The zero-order chi connectivity index (χ0) is 21.8. The monoisotopic (exact) mass is 440 g/mol. The summed E-state index contributed by atoms with van der Waals surface area (Å²) in [7, 11) is 1.23. The normalized spacial score (nSPS) is 12.1. The molecule has 0 saturated carbocycles. The average molecular weight is 441 g/mol. The van der Waals surface area contributed by atoms with Crippen molar-refractivity contribution in [2.75, 3.05) is 12.4 Å². The number of carbonyl (C=O) groups excluding carboxylic acids is 1. The number of urea groups is 1. The van der Waals surface area contributed by atoms with Crippen LogP contribution in [0.1, 0.15) is 11.3 Å². The summed E-state index contributed by atoms with van der Waals surface area (Å²) >= 11 is 5.72. The second kappa shape index (κ2) is 8.55. The maximum Gasteiger partial charge on any atom is 0.573 e. The molecule has 0 atom stereocenters. The number of rotatable bonds is 4. The summed E-state index contributed by atoms with van der Waals surface area (Å²) < 4.78 is 77.7. The Hall–Kier alpha value is -3.02. The Bertz CT molecular complexity index is 900. The van der Waals surface area contributed by atoms with E-state index in [9.17, 15) is 31.1 Å². The number of hydrazone groups is 1. The van der Waals surface area contributed by atoms with Gasteiger partial charge in [0.2, 0.25) is 0 Å². The molecule has 0 bridgehead atoms. The maximum atomic E-state index is 12.6. The number of carbonyl (C=O) groups is 1. The predicted octanol–water partition coefficient (Wildman–Crippen LogP) is 5.15. The van der Waals surface area contributed by atoms with Crippen molar-refractivity contribution in [2.45, 2.75) is 12.5 Å². The van der Waals surface area contributed by atoms with Gasteiger partial charge in [0.1, 0.15) is 11.4 Å². The summed E-state index contributed by atoms with van der Waals surface area (Å²) in [6.45, 7) is 0. The summed E-state index contributed by atoms with van der Waals surface area (Å²) in [5.74, 6) is -0.468. The smallest absolute Gasteiger partial charge is 0.406 e. The molecule has 6 nitrogen and oxygen atoms in total. The van der Waals surface area contributed by atoms with E-state index in [0.717, 1.165) is 23.4 Å². The van der Waals surface area contributed by atoms with Crippen LogP contribution >= 0.6 is 11.6 Å². The number of pyridine rings is 1. The second-order valence-electron chi connectivity index (χ2n) is 5.36. The fourth-order valence-corrected chi connectivity index (χ4v) is 2.05. The molecule has 29 heavy (non-hydrogen) atoms. The largest absolute Gasteiger partial charge is 0.573 e. The number of ether oxygens (including phenoxy) is 1. The Labute approximate surface area is 164 Å². The summed E-state index contributed by atoms with van der Waals surface area (Å²) in [5, 5.41) is 6.52. The minimum absolute atomic E-state index is 0.104. The Morgan fingerprint density at radius 2 is 1.83 bits per heavy atom. The fraction of sp³-hybridized carbons (Fsp3) is 0.188. The first-order valence-electron chi connectivity index (χ1n) is 7.52. The van der Waals surface area contributed by atoms with Gasteiger partial charge in [-0.2, -0.15) is 18.3 Å². The third-order valence-corrected chi connectivity index (χ3v) is 3.49. The summed E-state index contributed by atoms with van der Waals surface area (Å²) in [6, 6.07) is 4.22. The van der Waals surface area contributed by atoms with E-state index in [-0.39, 0.29) is 16.4 Å². The quantitative estimate of drug-likeness (QED) is 0.406. The van der Waals surface area contributed by atoms with E-state index in [4.69, 9.17) is 11.6 Å². The van der Waals surface area contributed by atoms with Gasteiger partial charge in [-0.15, -0.1) is 13.2 Å². The SMILES string of the molecule is CN(/N=C/c1ncc(C(F)(F)F)cc1Cl)C(=O)Nc1ccc(OC(F)(F)F)cc1. The van der Waals surface area contributed by atoms with Crippen LogP contribution in [-0.2, 0) is 6.18 Å². The Morgan fingerprint density at radius 1 is 1.21 bits per heavy atom. The molecule has 0 saturated heterocycles. The second-order valence-corrected chi connectivity index (χ2v) is 5.77. The molecule has 0 aliphatic carbocycles. The molecule has 1 aromatic carbocycles. The molecule has 2 amide bonds. The van der Waals surface area contributed by atoms with Crippen molar-refractivity contribution in [2.24, 2.45) is 5.10 Å². The van der Waals surface area contributed by atoms with Gasteiger partial charge in [-0.05, 0) is 30.3 Å². The number of nitrogens with one attached hydrogen (secondary N) is 1. The zero-order valence-corrected chi connectivity index (χ0v) is 15.1. The van der Waals surface area contributed by atoms with Crippen LogP contribution in [0.2, 0.25) is 5.02 Å². The minimum Gasteiger partial charge on any atom is -0.406 e. The van der Waals surface area contributed by atoms with E-state index in [1.54, 1.807) is 0 Å². The van der Waals surface area contributed by atoms with Crippen molar-refractivity contribution in [1.82, 2.24) is 9.99 Å². The van der Waals surface area contributed by atoms with Gasteiger partial charge in [0.05, 0.1) is 16.8 Å². The first-order valence-corrected chi connectivity index (χ1v) is 7.90. The Kier molecular flexibility index (Phi) is 6.57. The topological polar surface area (TPSA) is 66.8 Å². The number of hydrogen-bond acceptors (Lipinski definition) is 4. The standard InChI is InChI=1S/C16H11ClF6N4O2/c1-27(25-8-13-12(17)6-9(7-24-13)15(18,19)20)14(28)26-10-2-4-11(5-3-10)29-16(21,22)23/h2-8H,1H3,(H,26,28)/b25-8+. The van der Waals surface area contributed by atoms with Crippen LogP contribution in [0.25, 0.3) is 0 Å². The van der Waals surface area contributed by atoms with Crippen LogP contribution in [-0.4, -0.2) is 35.6 Å². The molecule has 0 unspecified atom stereocenters. The van der Waals surface area contributed by atoms with Crippen molar-refractivity contribution in [1.29, 1.82) is 0 Å². The van der Waals surface area contributed by atoms with Gasteiger partial charge in [0.25, 0.3) is 0 Å². The predicted molar refractivity (Wildman–Crippen MR) is 91.7 cm³/mol. The molecule has 0 spiro atoms. The number of benzene rings is 1. The van der Waals surface area contributed by atoms with Crippen molar-refractivity contribution >= 4 is 29.5 Å². The molecule has 0 aliphatic heterocycles. The lowest BCUT2D eigenvalue weighted by Crippen LogP contribution is -2.27. The van der Waals surface area contributed by atoms with Crippen LogP contribution in [0.3, 0.4) is 0 Å². The summed E-state index contributed by atoms with van der Waals surface area (Å²) in [5.41, 5.74) is -0.992. The third kappa shape index (κ3) is 6.82. The molecule has 156 valence electrons. The van der Waals surface area contributed by atoms with Gasteiger partial charge in [-0.25, -0.2) is 9.80 Å². The van der Waals surface area contributed by atoms with Crippen molar-refractivity contribution in [3.8, 4) is 5.75 Å². The van der Waals surface area contributed by atoms with Gasteiger partial charge in [-0.3, -0.25) is 4.98 Å². The number of nitrogens with zero attached hydrogens (tertiary/aromatic N) is 3. The molecule has 0 fully saturated rings. The van der Waals surface area contributed by atoms with Crippen LogP contribution in [0.4, 0.5) is 36.8 Å². The lowest BCUT2D eigenvalue weighted by atomic mass is 10.2. The molecule has 0 radical (unpaired) electrons. The number of aromatic nitrogens is 1. The van der Waals surface area contributed by atoms with Gasteiger partial charge in [0.15, 0.2) is 0 Å². The number of alkyl halides is 6.